The summed E-state index contributed by atoms with van der Waals surface area (Å²) in [6.07, 6.45) is -2.56. The van der Waals surface area contributed by atoms with Gasteiger partial charge >= 0.3 is 12.3 Å². The fraction of sp³-hybridized carbons (Fsp3) is 0.571. The Morgan fingerprint density at radius 1 is 1.35 bits per heavy atom. The lowest BCUT2D eigenvalue weighted by molar-refractivity contribution is -0.137. The lowest BCUT2D eigenvalue weighted by Gasteiger charge is -2.36. The lowest BCUT2D eigenvalue weighted by Crippen LogP contribution is -2.48. The first-order valence-electron chi connectivity index (χ1n) is 7.16. The van der Waals surface area contributed by atoms with E-state index in [0.717, 1.165) is 18.9 Å². The molecule has 1 amide bonds. The van der Waals surface area contributed by atoms with Gasteiger partial charge in [0.2, 0.25) is 5.88 Å². The molecular formula is C14H14ClF3N2O3. The maximum atomic E-state index is 12.6. The Labute approximate surface area is 135 Å². The summed E-state index contributed by atoms with van der Waals surface area (Å²) in [4.78, 5) is 16.3. The lowest BCUT2D eigenvalue weighted by atomic mass is 10.0. The minimum atomic E-state index is -4.51. The van der Waals surface area contributed by atoms with Crippen molar-refractivity contribution in [2.75, 3.05) is 0 Å². The molecule has 2 fully saturated rings. The third-order valence-corrected chi connectivity index (χ3v) is 4.59. The van der Waals surface area contributed by atoms with Crippen LogP contribution >= 0.6 is 11.6 Å². The molecule has 2 aliphatic heterocycles. The summed E-state index contributed by atoms with van der Waals surface area (Å²) in [5, 5.41) is 8.99. The number of halogens is 4. The summed E-state index contributed by atoms with van der Waals surface area (Å²) in [6.45, 7) is 0. The minimum absolute atomic E-state index is 0.0483. The molecule has 1 aromatic rings. The number of nitrogens with zero attached hydrogens (tertiary/aromatic N) is 2. The number of alkyl halides is 3. The van der Waals surface area contributed by atoms with E-state index in [9.17, 15) is 23.1 Å². The van der Waals surface area contributed by atoms with Crippen LogP contribution in [-0.4, -0.2) is 39.3 Å². The van der Waals surface area contributed by atoms with Gasteiger partial charge in [-0.3, -0.25) is 0 Å². The van der Waals surface area contributed by atoms with Crippen LogP contribution in [0.1, 0.15) is 31.2 Å². The highest BCUT2D eigenvalue weighted by atomic mass is 35.5. The number of piperidine rings is 1. The molecule has 0 saturated carbocycles. The first-order valence-corrected chi connectivity index (χ1v) is 7.54. The molecule has 9 heteroatoms. The van der Waals surface area contributed by atoms with Gasteiger partial charge in [0.15, 0.2) is 0 Å². The zero-order valence-electron chi connectivity index (χ0n) is 11.9. The Morgan fingerprint density at radius 2 is 1.96 bits per heavy atom. The van der Waals surface area contributed by atoms with Crippen molar-refractivity contribution in [2.24, 2.45) is 0 Å². The predicted molar refractivity (Wildman–Crippen MR) is 74.6 cm³/mol. The maximum Gasteiger partial charge on any atom is 0.417 e. The Bertz CT molecular complexity index is 612. The van der Waals surface area contributed by atoms with Crippen LogP contribution in [0.2, 0.25) is 5.02 Å². The van der Waals surface area contributed by atoms with Crippen molar-refractivity contribution in [3.8, 4) is 5.88 Å². The zero-order chi connectivity index (χ0) is 16.8. The number of aromatic nitrogens is 1. The number of ether oxygens (including phenoxy) is 1. The molecular weight excluding hydrogens is 337 g/mol. The van der Waals surface area contributed by atoms with Gasteiger partial charge in [-0.25, -0.2) is 9.78 Å². The van der Waals surface area contributed by atoms with Gasteiger partial charge in [-0.05, 0) is 18.9 Å². The number of hydrogen-bond acceptors (Lipinski definition) is 3. The van der Waals surface area contributed by atoms with E-state index >= 15 is 0 Å². The molecule has 5 nitrogen and oxygen atoms in total. The molecule has 1 N–H and O–H groups in total. The summed E-state index contributed by atoms with van der Waals surface area (Å²) in [7, 11) is 0. The second-order valence-corrected chi connectivity index (χ2v) is 6.20. The summed E-state index contributed by atoms with van der Waals surface area (Å²) in [5.74, 6) is -0.0483. The number of fused-ring (bicyclic) bond motifs is 2. The second kappa shape index (κ2) is 5.74. The number of carbonyl (C=O) groups is 1. The van der Waals surface area contributed by atoms with E-state index in [0.29, 0.717) is 19.0 Å². The summed E-state index contributed by atoms with van der Waals surface area (Å²) < 4.78 is 43.4. The van der Waals surface area contributed by atoms with Gasteiger partial charge in [-0.2, -0.15) is 13.2 Å². The van der Waals surface area contributed by atoms with Crippen LogP contribution in [0.4, 0.5) is 18.0 Å². The van der Waals surface area contributed by atoms with Crippen molar-refractivity contribution in [2.45, 2.75) is 50.0 Å². The number of hydrogen-bond donors (Lipinski definition) is 1. The van der Waals surface area contributed by atoms with Crippen molar-refractivity contribution in [1.82, 2.24) is 9.88 Å². The SMILES string of the molecule is O=C(O)N1[C@@H]2CC[C@H]1CC(Oc1ncc(C(F)(F)F)cc1Cl)C2. The molecule has 126 valence electrons. The second-order valence-electron chi connectivity index (χ2n) is 5.79. The minimum Gasteiger partial charge on any atom is -0.473 e. The molecule has 3 heterocycles. The van der Waals surface area contributed by atoms with Gasteiger partial charge in [0.05, 0.1) is 5.56 Å². The van der Waals surface area contributed by atoms with Gasteiger partial charge in [-0.15, -0.1) is 0 Å². The molecule has 0 aliphatic carbocycles. The van der Waals surface area contributed by atoms with Crippen molar-refractivity contribution in [3.63, 3.8) is 0 Å². The molecule has 23 heavy (non-hydrogen) atoms. The zero-order valence-corrected chi connectivity index (χ0v) is 12.6. The normalized spacial score (nSPS) is 27.1. The van der Waals surface area contributed by atoms with E-state index in [1.807, 2.05) is 0 Å². The maximum absolute atomic E-state index is 12.6. The van der Waals surface area contributed by atoms with Crippen LogP contribution in [0.5, 0.6) is 5.88 Å². The number of pyridine rings is 1. The first kappa shape index (κ1) is 16.2. The van der Waals surface area contributed by atoms with Crippen molar-refractivity contribution in [1.29, 1.82) is 0 Å². The van der Waals surface area contributed by atoms with Crippen LogP contribution in [-0.2, 0) is 6.18 Å². The summed E-state index contributed by atoms with van der Waals surface area (Å²) in [5.41, 5.74) is -0.935. The number of carboxylic acid groups (broad SMARTS) is 1. The Kier molecular flexibility index (Phi) is 4.03. The molecule has 2 bridgehead atoms. The molecule has 3 rings (SSSR count). The first-order chi connectivity index (χ1) is 10.8. The standard InChI is InChI=1S/C14H14ClF3N2O3/c15-11-3-7(14(16,17)18)6-19-12(11)23-10-4-8-1-2-9(5-10)20(8)13(21)22/h3,6,8-10H,1-2,4-5H2,(H,21,22)/t8-,9+,10?. The van der Waals surface area contributed by atoms with E-state index in [2.05, 4.69) is 4.98 Å². The van der Waals surface area contributed by atoms with Crippen LogP contribution < -0.4 is 4.74 Å². The third-order valence-electron chi connectivity index (χ3n) is 4.32. The predicted octanol–water partition coefficient (Wildman–Crippen LogP) is 3.81. The summed E-state index contributed by atoms with van der Waals surface area (Å²) >= 11 is 5.83. The fourth-order valence-corrected chi connectivity index (χ4v) is 3.57. The highest BCUT2D eigenvalue weighted by Crippen LogP contribution is 2.38. The van der Waals surface area contributed by atoms with Gasteiger partial charge < -0.3 is 14.7 Å². The van der Waals surface area contributed by atoms with Crippen molar-refractivity contribution in [3.05, 3.63) is 22.8 Å². The van der Waals surface area contributed by atoms with E-state index < -0.39 is 17.8 Å². The Morgan fingerprint density at radius 3 is 2.43 bits per heavy atom. The highest BCUT2D eigenvalue weighted by Gasteiger charge is 2.44. The van der Waals surface area contributed by atoms with Crippen molar-refractivity contribution >= 4 is 17.7 Å². The molecule has 2 aliphatic rings. The largest absolute Gasteiger partial charge is 0.473 e. The van der Waals surface area contributed by atoms with E-state index in [-0.39, 0.29) is 29.1 Å². The molecule has 1 aromatic heterocycles. The molecule has 2 saturated heterocycles. The molecule has 3 atom stereocenters. The third kappa shape index (κ3) is 3.17. The van der Waals surface area contributed by atoms with E-state index in [1.165, 1.54) is 4.90 Å². The highest BCUT2D eigenvalue weighted by molar-refractivity contribution is 6.31. The fourth-order valence-electron chi connectivity index (χ4n) is 3.36. The van der Waals surface area contributed by atoms with Crippen LogP contribution in [0.3, 0.4) is 0 Å². The number of amides is 1. The van der Waals surface area contributed by atoms with Crippen LogP contribution in [0.25, 0.3) is 0 Å². The Hall–Kier alpha value is -1.70. The molecule has 0 radical (unpaired) electrons. The average Bonchev–Trinajstić information content (AvgIpc) is 2.72. The van der Waals surface area contributed by atoms with Gasteiger partial charge in [-0.1, -0.05) is 11.6 Å². The average molecular weight is 351 g/mol. The monoisotopic (exact) mass is 350 g/mol. The summed E-state index contributed by atoms with van der Waals surface area (Å²) in [6, 6.07) is 0.541. The smallest absolute Gasteiger partial charge is 0.417 e. The quantitative estimate of drug-likeness (QED) is 0.881. The Balaban J connectivity index is 1.71. The molecule has 0 aromatic carbocycles. The van der Waals surface area contributed by atoms with E-state index in [4.69, 9.17) is 16.3 Å². The van der Waals surface area contributed by atoms with Gasteiger partial charge in [0.25, 0.3) is 0 Å². The van der Waals surface area contributed by atoms with Crippen LogP contribution in [0, 0.1) is 0 Å². The molecule has 0 spiro atoms. The van der Waals surface area contributed by atoms with E-state index in [1.54, 1.807) is 0 Å². The number of rotatable bonds is 2. The van der Waals surface area contributed by atoms with Crippen molar-refractivity contribution < 1.29 is 27.8 Å². The van der Waals surface area contributed by atoms with Crippen LogP contribution in [0.15, 0.2) is 12.3 Å². The van der Waals surface area contributed by atoms with Gasteiger partial charge in [0.1, 0.15) is 11.1 Å². The topological polar surface area (TPSA) is 62.7 Å². The molecule has 1 unspecified atom stereocenters. The van der Waals surface area contributed by atoms with Gasteiger partial charge in [0, 0.05) is 31.1 Å².